The Labute approximate surface area is 133 Å². The highest BCUT2D eigenvalue weighted by Crippen LogP contribution is 2.29. The number of Topliss-reactive ketones (excluding diaryl/α,β-unsaturated/α-hetero) is 1. The minimum absolute atomic E-state index is 0.188. The summed E-state index contributed by atoms with van der Waals surface area (Å²) in [7, 11) is 0. The number of aromatic nitrogens is 1. The first-order valence-electron chi connectivity index (χ1n) is 7.01. The number of carboxylic acid groups (broad SMARTS) is 1. The molecule has 6 heteroatoms. The van der Waals surface area contributed by atoms with Gasteiger partial charge in [-0.3, -0.25) is 9.59 Å². The number of carboxylic acids is 1. The molecule has 0 saturated carbocycles. The fourth-order valence-corrected chi connectivity index (χ4v) is 2.15. The van der Waals surface area contributed by atoms with Gasteiger partial charge in [-0.05, 0) is 36.2 Å². The predicted molar refractivity (Wildman–Crippen MR) is 82.3 cm³/mol. The van der Waals surface area contributed by atoms with E-state index < -0.39 is 11.8 Å². The molecular formula is C16H14ClNO4. The third-order valence-electron chi connectivity index (χ3n) is 3.13. The van der Waals surface area contributed by atoms with Crippen molar-refractivity contribution in [2.24, 2.45) is 0 Å². The van der Waals surface area contributed by atoms with Gasteiger partial charge in [0.1, 0.15) is 11.4 Å². The molecule has 1 aromatic carbocycles. The maximum atomic E-state index is 11.9. The molecule has 0 radical (unpaired) electrons. The summed E-state index contributed by atoms with van der Waals surface area (Å²) >= 11 is 5.96. The SMILES string of the molecule is [2H]c1nc(C(=O)CCC(=O)O)c(O)cc1-c1cc(Cl)ccc1C. The van der Waals surface area contributed by atoms with Gasteiger partial charge < -0.3 is 10.2 Å². The quantitative estimate of drug-likeness (QED) is 0.824. The van der Waals surface area contributed by atoms with Crippen LogP contribution >= 0.6 is 11.6 Å². The van der Waals surface area contributed by atoms with Crippen LogP contribution in [0.4, 0.5) is 0 Å². The molecule has 0 amide bonds. The molecule has 2 aromatic rings. The fourth-order valence-electron chi connectivity index (χ4n) is 1.98. The molecular weight excluding hydrogens is 306 g/mol. The average Bonchev–Trinajstić information content (AvgIpc) is 2.49. The normalized spacial score (nSPS) is 11.1. The highest BCUT2D eigenvalue weighted by Gasteiger charge is 2.16. The first-order chi connectivity index (χ1) is 10.8. The van der Waals surface area contributed by atoms with Gasteiger partial charge in [0.05, 0.1) is 7.79 Å². The average molecular weight is 321 g/mol. The van der Waals surface area contributed by atoms with Crippen LogP contribution in [-0.4, -0.2) is 26.9 Å². The van der Waals surface area contributed by atoms with Gasteiger partial charge in [0.25, 0.3) is 0 Å². The minimum Gasteiger partial charge on any atom is -0.506 e. The molecule has 0 unspecified atom stereocenters. The van der Waals surface area contributed by atoms with E-state index in [9.17, 15) is 14.7 Å². The zero-order chi connectivity index (χ0) is 17.1. The molecule has 0 aliphatic heterocycles. The predicted octanol–water partition coefficient (Wildman–Crippen LogP) is 3.46. The molecule has 0 aliphatic rings. The highest BCUT2D eigenvalue weighted by atomic mass is 35.5. The van der Waals surface area contributed by atoms with Crippen molar-refractivity contribution in [3.05, 3.63) is 46.7 Å². The monoisotopic (exact) mass is 320 g/mol. The Hall–Kier alpha value is -2.40. The first-order valence-corrected chi connectivity index (χ1v) is 6.89. The Morgan fingerprint density at radius 1 is 1.32 bits per heavy atom. The Balaban J connectivity index is 2.43. The van der Waals surface area contributed by atoms with Crippen molar-refractivity contribution in [1.82, 2.24) is 4.98 Å². The van der Waals surface area contributed by atoms with Crippen molar-refractivity contribution in [2.75, 3.05) is 0 Å². The molecule has 0 bridgehead atoms. The molecule has 1 aromatic heterocycles. The number of aryl methyl sites for hydroxylation is 1. The zero-order valence-corrected chi connectivity index (χ0v) is 12.5. The standard InChI is InChI=1S/C16H14ClNO4/c1-9-2-3-11(17)7-12(9)10-6-14(20)16(18-8-10)13(19)4-5-15(21)22/h2-3,6-8,20H,4-5H2,1H3,(H,21,22)/i8D. The molecule has 0 aliphatic carbocycles. The number of aromatic hydroxyl groups is 1. The second kappa shape index (κ2) is 6.58. The van der Waals surface area contributed by atoms with Crippen molar-refractivity contribution in [3.63, 3.8) is 0 Å². The van der Waals surface area contributed by atoms with E-state index in [4.69, 9.17) is 18.1 Å². The van der Waals surface area contributed by atoms with Gasteiger partial charge in [-0.25, -0.2) is 4.98 Å². The largest absolute Gasteiger partial charge is 0.506 e. The molecule has 0 fully saturated rings. The van der Waals surface area contributed by atoms with Gasteiger partial charge in [-0.15, -0.1) is 0 Å². The number of nitrogens with zero attached hydrogens (tertiary/aromatic N) is 1. The lowest BCUT2D eigenvalue weighted by Gasteiger charge is -2.09. The topological polar surface area (TPSA) is 87.5 Å². The van der Waals surface area contributed by atoms with Crippen molar-refractivity contribution in [1.29, 1.82) is 0 Å². The van der Waals surface area contributed by atoms with Gasteiger partial charge in [0.2, 0.25) is 0 Å². The third kappa shape index (κ3) is 3.62. The number of carbonyl (C=O) groups is 2. The summed E-state index contributed by atoms with van der Waals surface area (Å²) < 4.78 is 7.99. The molecule has 2 rings (SSSR count). The molecule has 5 nitrogen and oxygen atoms in total. The second-order valence-corrected chi connectivity index (χ2v) is 5.23. The Bertz CT molecular complexity index is 792. The van der Waals surface area contributed by atoms with Gasteiger partial charge in [-0.1, -0.05) is 17.7 Å². The first kappa shape index (κ1) is 14.5. The summed E-state index contributed by atoms with van der Waals surface area (Å²) in [5.41, 5.74) is 1.53. The van der Waals surface area contributed by atoms with E-state index in [0.29, 0.717) is 16.1 Å². The molecule has 114 valence electrons. The zero-order valence-electron chi connectivity index (χ0n) is 12.8. The van der Waals surface area contributed by atoms with Crippen LogP contribution in [0.2, 0.25) is 5.02 Å². The van der Waals surface area contributed by atoms with Crippen LogP contribution in [0.3, 0.4) is 0 Å². The highest BCUT2D eigenvalue weighted by molar-refractivity contribution is 6.30. The van der Waals surface area contributed by atoms with Crippen LogP contribution in [0.15, 0.2) is 30.4 Å². The summed E-state index contributed by atoms with van der Waals surface area (Å²) in [5, 5.41) is 19.1. The number of aliphatic carboxylic acids is 1. The summed E-state index contributed by atoms with van der Waals surface area (Å²) in [6.07, 6.45) is -0.834. The summed E-state index contributed by atoms with van der Waals surface area (Å²) in [6.45, 7) is 1.83. The molecule has 0 saturated heterocycles. The van der Waals surface area contributed by atoms with E-state index in [1.807, 2.05) is 6.92 Å². The number of benzene rings is 1. The van der Waals surface area contributed by atoms with Gasteiger partial charge in [-0.2, -0.15) is 0 Å². The fraction of sp³-hybridized carbons (Fsp3) is 0.188. The smallest absolute Gasteiger partial charge is 0.303 e. The van der Waals surface area contributed by atoms with Gasteiger partial charge >= 0.3 is 5.97 Å². The van der Waals surface area contributed by atoms with Crippen molar-refractivity contribution in [2.45, 2.75) is 19.8 Å². The maximum Gasteiger partial charge on any atom is 0.303 e. The molecule has 0 spiro atoms. The van der Waals surface area contributed by atoms with Crippen LogP contribution in [-0.2, 0) is 4.79 Å². The Morgan fingerprint density at radius 3 is 2.73 bits per heavy atom. The number of pyridine rings is 1. The van der Waals surface area contributed by atoms with Gasteiger partial charge in [0, 0.05) is 23.2 Å². The summed E-state index contributed by atoms with van der Waals surface area (Å²) in [4.78, 5) is 26.2. The van der Waals surface area contributed by atoms with Gasteiger partial charge in [0.15, 0.2) is 5.78 Å². The number of hydrogen-bond acceptors (Lipinski definition) is 4. The lowest BCUT2D eigenvalue weighted by Crippen LogP contribution is -2.06. The number of ketones is 1. The minimum atomic E-state index is -1.12. The van der Waals surface area contributed by atoms with Crippen molar-refractivity contribution < 1.29 is 21.2 Å². The van der Waals surface area contributed by atoms with E-state index in [2.05, 4.69) is 4.98 Å². The number of rotatable bonds is 5. The lowest BCUT2D eigenvalue weighted by atomic mass is 10.0. The summed E-state index contributed by atoms with van der Waals surface area (Å²) in [5.74, 6) is -2.12. The second-order valence-electron chi connectivity index (χ2n) is 4.79. The Kier molecular flexibility index (Phi) is 4.34. The van der Waals surface area contributed by atoms with E-state index in [-0.39, 0.29) is 30.5 Å². The molecule has 1 heterocycles. The Morgan fingerprint density at radius 2 is 2.05 bits per heavy atom. The lowest BCUT2D eigenvalue weighted by molar-refractivity contribution is -0.136. The van der Waals surface area contributed by atoms with E-state index in [1.54, 1.807) is 18.2 Å². The van der Waals surface area contributed by atoms with Crippen LogP contribution in [0, 0.1) is 6.92 Å². The number of carbonyl (C=O) groups excluding carboxylic acids is 1. The van der Waals surface area contributed by atoms with Crippen molar-refractivity contribution >= 4 is 23.4 Å². The van der Waals surface area contributed by atoms with Crippen LogP contribution < -0.4 is 0 Å². The molecule has 2 N–H and O–H groups in total. The molecule has 0 atom stereocenters. The van der Waals surface area contributed by atoms with Crippen LogP contribution in [0.1, 0.15) is 30.3 Å². The number of hydrogen-bond donors (Lipinski definition) is 2. The maximum absolute atomic E-state index is 11.9. The van der Waals surface area contributed by atoms with E-state index in [0.717, 1.165) is 5.56 Å². The van der Waals surface area contributed by atoms with Crippen LogP contribution in [0.25, 0.3) is 11.1 Å². The third-order valence-corrected chi connectivity index (χ3v) is 3.37. The van der Waals surface area contributed by atoms with E-state index >= 15 is 0 Å². The van der Waals surface area contributed by atoms with Crippen molar-refractivity contribution in [3.8, 4) is 16.9 Å². The van der Waals surface area contributed by atoms with E-state index in [1.165, 1.54) is 6.07 Å². The summed E-state index contributed by atoms with van der Waals surface area (Å²) in [6, 6.07) is 6.42. The molecule has 22 heavy (non-hydrogen) atoms. The number of halogens is 1. The van der Waals surface area contributed by atoms with Crippen LogP contribution in [0.5, 0.6) is 5.75 Å².